The third kappa shape index (κ3) is 4.73. The Bertz CT molecular complexity index is 2920. The molecule has 250 valence electrons. The Kier molecular flexibility index (Phi) is 6.41. The number of aromatic nitrogens is 3. The van der Waals surface area contributed by atoms with E-state index in [0.717, 1.165) is 54.9 Å². The molecule has 0 atom stereocenters. The molecule has 0 bridgehead atoms. The SMILES string of the molecule is [2H]C([2H])([2H])c1nc2cc3ccccc3cc2c2c1oc1c(-c3n(-c4c(C(C)C)cc(-c5ccccc5)cc4C(C)C)c4ccccc4[n+]3C)c(C)ccc12. The molecule has 0 N–H and O–H groups in total. The Morgan fingerprint density at radius 1 is 0.706 bits per heavy atom. The van der Waals surface area contributed by atoms with E-state index in [0.29, 0.717) is 16.7 Å². The maximum atomic E-state index is 8.59. The van der Waals surface area contributed by atoms with Crippen LogP contribution in [-0.2, 0) is 7.05 Å². The van der Waals surface area contributed by atoms with E-state index in [4.69, 9.17) is 13.5 Å². The van der Waals surface area contributed by atoms with Gasteiger partial charge < -0.3 is 4.42 Å². The van der Waals surface area contributed by atoms with E-state index in [1.165, 1.54) is 27.9 Å². The van der Waals surface area contributed by atoms with Gasteiger partial charge in [0.25, 0.3) is 5.82 Å². The van der Waals surface area contributed by atoms with Crippen molar-refractivity contribution in [3.63, 3.8) is 0 Å². The molecule has 4 heteroatoms. The molecule has 0 spiro atoms. The van der Waals surface area contributed by atoms with Crippen LogP contribution in [0, 0.1) is 13.8 Å². The van der Waals surface area contributed by atoms with Crippen LogP contribution < -0.4 is 4.57 Å². The lowest BCUT2D eigenvalue weighted by molar-refractivity contribution is -0.633. The number of fused-ring (bicyclic) bond motifs is 7. The molecule has 0 saturated heterocycles. The highest BCUT2D eigenvalue weighted by Crippen LogP contribution is 2.44. The highest BCUT2D eigenvalue weighted by atomic mass is 16.3. The van der Waals surface area contributed by atoms with Crippen LogP contribution in [0.2, 0.25) is 0 Å². The fourth-order valence-corrected chi connectivity index (χ4v) is 8.10. The number of aryl methyl sites for hydroxylation is 3. The third-order valence-electron chi connectivity index (χ3n) is 10.6. The number of para-hydroxylation sites is 2. The monoisotopic (exact) mass is 667 g/mol. The molecule has 0 fully saturated rings. The van der Waals surface area contributed by atoms with Crippen LogP contribution in [0.4, 0.5) is 0 Å². The Balaban J connectivity index is 1.45. The maximum absolute atomic E-state index is 8.59. The number of benzene rings is 6. The van der Waals surface area contributed by atoms with Gasteiger partial charge in [0.1, 0.15) is 11.3 Å². The van der Waals surface area contributed by atoms with Crippen molar-refractivity contribution in [3.05, 3.63) is 138 Å². The Labute approximate surface area is 302 Å². The van der Waals surface area contributed by atoms with E-state index in [-0.39, 0.29) is 17.5 Å². The van der Waals surface area contributed by atoms with Gasteiger partial charge in [0.15, 0.2) is 22.2 Å². The number of furan rings is 1. The van der Waals surface area contributed by atoms with Gasteiger partial charge in [0, 0.05) is 31.4 Å². The van der Waals surface area contributed by atoms with Crippen molar-refractivity contribution in [1.82, 2.24) is 9.55 Å². The van der Waals surface area contributed by atoms with Crippen LogP contribution >= 0.6 is 0 Å². The summed E-state index contributed by atoms with van der Waals surface area (Å²) in [5, 5.41) is 4.58. The average molecular weight is 668 g/mol. The quantitative estimate of drug-likeness (QED) is 0.135. The van der Waals surface area contributed by atoms with Gasteiger partial charge in [-0.3, -0.25) is 0 Å². The molecule has 9 aromatic rings. The first-order chi connectivity index (χ1) is 25.9. The van der Waals surface area contributed by atoms with Gasteiger partial charge in [-0.25, -0.2) is 9.55 Å². The molecule has 0 aliphatic heterocycles. The summed E-state index contributed by atoms with van der Waals surface area (Å²) in [5.74, 6) is 1.41. The van der Waals surface area contributed by atoms with Crippen LogP contribution in [0.15, 0.2) is 120 Å². The predicted molar refractivity (Wildman–Crippen MR) is 213 cm³/mol. The topological polar surface area (TPSA) is 34.8 Å². The first kappa shape index (κ1) is 28.0. The van der Waals surface area contributed by atoms with Crippen LogP contribution in [0.25, 0.3) is 82.8 Å². The van der Waals surface area contributed by atoms with Gasteiger partial charge in [0.2, 0.25) is 0 Å². The van der Waals surface area contributed by atoms with Crippen molar-refractivity contribution in [2.75, 3.05) is 0 Å². The molecule has 6 aromatic carbocycles. The van der Waals surface area contributed by atoms with E-state index in [9.17, 15) is 0 Å². The van der Waals surface area contributed by atoms with Crippen LogP contribution in [-0.4, -0.2) is 9.55 Å². The number of hydrogen-bond acceptors (Lipinski definition) is 2. The summed E-state index contributed by atoms with van der Waals surface area (Å²) in [7, 11) is 2.12. The molecule has 9 rings (SSSR count). The average Bonchev–Trinajstić information content (AvgIpc) is 3.68. The summed E-state index contributed by atoms with van der Waals surface area (Å²) < 4.78 is 37.4. The number of pyridine rings is 1. The number of hydrogen-bond donors (Lipinski definition) is 0. The number of rotatable bonds is 5. The van der Waals surface area contributed by atoms with Crippen molar-refractivity contribution in [2.45, 2.75) is 53.3 Å². The van der Waals surface area contributed by atoms with Crippen LogP contribution in [0.3, 0.4) is 0 Å². The van der Waals surface area contributed by atoms with Gasteiger partial charge in [0.05, 0.1) is 18.3 Å². The summed E-state index contributed by atoms with van der Waals surface area (Å²) in [6, 6.07) is 40.3. The van der Waals surface area contributed by atoms with Crippen LogP contribution in [0.1, 0.15) is 66.0 Å². The minimum atomic E-state index is -2.49. The highest BCUT2D eigenvalue weighted by Gasteiger charge is 2.34. The molecule has 0 saturated carbocycles. The molecule has 0 aliphatic carbocycles. The van der Waals surface area contributed by atoms with Crippen molar-refractivity contribution < 1.29 is 13.1 Å². The fourth-order valence-electron chi connectivity index (χ4n) is 8.10. The Hall–Kier alpha value is -5.74. The maximum Gasteiger partial charge on any atom is 0.299 e. The highest BCUT2D eigenvalue weighted by molar-refractivity contribution is 6.22. The van der Waals surface area contributed by atoms with Crippen molar-refractivity contribution in [3.8, 4) is 28.2 Å². The number of imidazole rings is 1. The molecule has 4 nitrogen and oxygen atoms in total. The van der Waals surface area contributed by atoms with Crippen LogP contribution in [0.5, 0.6) is 0 Å². The molecule has 0 amide bonds. The second-order valence-electron chi connectivity index (χ2n) is 14.5. The van der Waals surface area contributed by atoms with Crippen molar-refractivity contribution in [2.24, 2.45) is 7.05 Å². The summed E-state index contributed by atoms with van der Waals surface area (Å²) in [6.45, 7) is 8.71. The van der Waals surface area contributed by atoms with Crippen molar-refractivity contribution >= 4 is 54.6 Å². The minimum absolute atomic E-state index is 0.0225. The van der Waals surface area contributed by atoms with E-state index in [1.807, 2.05) is 24.3 Å². The van der Waals surface area contributed by atoms with Gasteiger partial charge in [-0.15, -0.1) is 0 Å². The molecular weight excluding hydrogens is 623 g/mol. The molecule has 3 aromatic heterocycles. The molecular formula is C47H42N3O+. The second-order valence-corrected chi connectivity index (χ2v) is 14.5. The van der Waals surface area contributed by atoms with E-state index in [1.54, 1.807) is 0 Å². The van der Waals surface area contributed by atoms with Gasteiger partial charge in [-0.2, -0.15) is 4.57 Å². The zero-order valence-corrected chi connectivity index (χ0v) is 29.9. The summed E-state index contributed by atoms with van der Waals surface area (Å²) in [4.78, 5) is 4.79. The predicted octanol–water partition coefficient (Wildman–Crippen LogP) is 12.3. The zero-order valence-electron chi connectivity index (χ0n) is 32.9. The fraction of sp³-hybridized carbons (Fsp3) is 0.191. The van der Waals surface area contributed by atoms with Gasteiger partial charge >= 0.3 is 0 Å². The van der Waals surface area contributed by atoms with Gasteiger partial charge in [-0.05, 0) is 89.5 Å². The van der Waals surface area contributed by atoms with E-state index < -0.39 is 6.85 Å². The Morgan fingerprint density at radius 3 is 2.08 bits per heavy atom. The third-order valence-corrected chi connectivity index (χ3v) is 10.6. The second kappa shape index (κ2) is 11.7. The van der Waals surface area contributed by atoms with Gasteiger partial charge in [-0.1, -0.05) is 107 Å². The van der Waals surface area contributed by atoms with E-state index in [2.05, 4.69) is 142 Å². The lowest BCUT2D eigenvalue weighted by Gasteiger charge is -2.21. The normalized spacial score (nSPS) is 13.3. The standard InChI is InChI=1S/C47H42N3O/c1-27(2)36-24-34(31-15-9-8-10-16-31)25-37(28(3)4)44(36)50-41-20-14-13-19-40(41)49(7)47(50)42-29(5)21-22-35-43-38-23-32-17-11-12-18-33(32)26-39(38)48-30(6)45(43)51-46(35)42/h8-28H,1-7H3/q+1/i6D3. The number of nitrogens with zero attached hydrogens (tertiary/aromatic N) is 3. The largest absolute Gasteiger partial charge is 0.453 e. The first-order valence-electron chi connectivity index (χ1n) is 19.3. The molecule has 0 unspecified atom stereocenters. The summed E-state index contributed by atoms with van der Waals surface area (Å²) in [5.41, 5.74) is 11.8. The molecule has 3 heterocycles. The first-order valence-corrected chi connectivity index (χ1v) is 17.8. The zero-order chi connectivity index (χ0) is 37.6. The van der Waals surface area contributed by atoms with Crippen molar-refractivity contribution in [1.29, 1.82) is 0 Å². The molecule has 0 radical (unpaired) electrons. The lowest BCUT2D eigenvalue weighted by atomic mass is 9.88. The molecule has 0 aliphatic rings. The van der Waals surface area contributed by atoms with E-state index >= 15 is 0 Å². The summed E-state index contributed by atoms with van der Waals surface area (Å²) >= 11 is 0. The Morgan fingerprint density at radius 2 is 1.37 bits per heavy atom. The smallest absolute Gasteiger partial charge is 0.299 e. The summed E-state index contributed by atoms with van der Waals surface area (Å²) in [6.07, 6.45) is 0. The lowest BCUT2D eigenvalue weighted by Crippen LogP contribution is -2.30. The molecule has 51 heavy (non-hydrogen) atoms. The minimum Gasteiger partial charge on any atom is -0.453 e.